The van der Waals surface area contributed by atoms with Crippen molar-refractivity contribution < 1.29 is 4.42 Å². The number of nitrogens with one attached hydrogen (secondary N) is 1. The molecule has 1 fully saturated rings. The number of anilines is 1. The maximum absolute atomic E-state index is 9.41. The lowest BCUT2D eigenvalue weighted by Gasteiger charge is -2.43. The van der Waals surface area contributed by atoms with Crippen molar-refractivity contribution in [2.45, 2.75) is 44.6 Å². The molecular weight excluding hydrogens is 312 g/mol. The third-order valence-electron chi connectivity index (χ3n) is 5.34. The van der Waals surface area contributed by atoms with Gasteiger partial charge in [0.1, 0.15) is 6.07 Å². The van der Waals surface area contributed by atoms with Gasteiger partial charge in [-0.25, -0.2) is 0 Å². The number of aromatic nitrogens is 1. The number of oxazole rings is 1. The van der Waals surface area contributed by atoms with Gasteiger partial charge >= 0.3 is 0 Å². The Kier molecular flexibility index (Phi) is 5.10. The van der Waals surface area contributed by atoms with E-state index in [4.69, 9.17) is 4.42 Å². The molecular formula is C20H26N4O. The summed E-state index contributed by atoms with van der Waals surface area (Å²) in [6, 6.07) is 10.1. The highest BCUT2D eigenvalue weighted by molar-refractivity contribution is 5.59. The van der Waals surface area contributed by atoms with Gasteiger partial charge in [-0.2, -0.15) is 10.2 Å². The molecule has 1 saturated carbocycles. The number of likely N-dealkylation sites (N-methyl/N-ethyl adjacent to an activating group) is 1. The van der Waals surface area contributed by atoms with Gasteiger partial charge < -0.3 is 14.6 Å². The van der Waals surface area contributed by atoms with Gasteiger partial charge in [-0.15, -0.1) is 0 Å². The molecule has 0 saturated heterocycles. The summed E-state index contributed by atoms with van der Waals surface area (Å²) in [5.74, 6) is 0.964. The van der Waals surface area contributed by atoms with E-state index in [1.807, 2.05) is 31.2 Å². The smallest absolute Gasteiger partial charge is 0.232 e. The number of aryl methyl sites for hydroxylation is 1. The van der Waals surface area contributed by atoms with Gasteiger partial charge in [0, 0.05) is 17.6 Å². The Morgan fingerprint density at radius 3 is 2.48 bits per heavy atom. The molecule has 2 aromatic rings. The van der Waals surface area contributed by atoms with Crippen LogP contribution in [-0.2, 0) is 0 Å². The minimum atomic E-state index is 0.113. The predicted molar refractivity (Wildman–Crippen MR) is 99.4 cm³/mol. The molecule has 0 atom stereocenters. The van der Waals surface area contributed by atoms with E-state index in [1.165, 1.54) is 24.8 Å². The van der Waals surface area contributed by atoms with Crippen molar-refractivity contribution in [3.05, 3.63) is 35.5 Å². The van der Waals surface area contributed by atoms with E-state index in [0.29, 0.717) is 17.5 Å². The number of hydrogen-bond donors (Lipinski definition) is 1. The Morgan fingerprint density at radius 1 is 1.20 bits per heavy atom. The lowest BCUT2D eigenvalue weighted by molar-refractivity contribution is 0.113. The molecule has 0 amide bonds. The summed E-state index contributed by atoms with van der Waals surface area (Å²) in [6.45, 7) is 2.80. The summed E-state index contributed by atoms with van der Waals surface area (Å²) >= 11 is 0. The zero-order valence-corrected chi connectivity index (χ0v) is 15.3. The molecule has 0 bridgehead atoms. The second kappa shape index (κ2) is 7.28. The fraction of sp³-hybridized carbons (Fsp3) is 0.500. The molecule has 132 valence electrons. The normalized spacial score (nSPS) is 16.6. The van der Waals surface area contributed by atoms with Crippen molar-refractivity contribution in [1.29, 1.82) is 5.26 Å². The average molecular weight is 338 g/mol. The van der Waals surface area contributed by atoms with Gasteiger partial charge in [0.15, 0.2) is 0 Å². The molecule has 3 rings (SSSR count). The van der Waals surface area contributed by atoms with Gasteiger partial charge in [-0.05, 0) is 46.0 Å². The Bertz CT molecular complexity index is 749. The summed E-state index contributed by atoms with van der Waals surface area (Å²) in [5, 5.41) is 12.8. The van der Waals surface area contributed by atoms with Crippen LogP contribution in [0.2, 0.25) is 0 Å². The van der Waals surface area contributed by atoms with Gasteiger partial charge in [-0.3, -0.25) is 0 Å². The molecule has 0 aliphatic heterocycles. The van der Waals surface area contributed by atoms with Gasteiger partial charge in [0.25, 0.3) is 0 Å². The number of benzene rings is 1. The molecule has 5 heteroatoms. The molecule has 1 aliphatic carbocycles. The van der Waals surface area contributed by atoms with Crippen LogP contribution in [0.25, 0.3) is 11.5 Å². The van der Waals surface area contributed by atoms with Crippen LogP contribution in [0.4, 0.5) is 5.88 Å². The van der Waals surface area contributed by atoms with Crippen molar-refractivity contribution in [2.24, 2.45) is 0 Å². The lowest BCUT2D eigenvalue weighted by atomic mass is 9.80. The Morgan fingerprint density at radius 2 is 1.88 bits per heavy atom. The number of rotatable bonds is 5. The zero-order valence-electron chi connectivity index (χ0n) is 15.3. The Labute approximate surface area is 149 Å². The summed E-state index contributed by atoms with van der Waals surface area (Å²) in [7, 11) is 4.27. The Hall–Kier alpha value is -2.32. The molecule has 0 spiro atoms. The summed E-state index contributed by atoms with van der Waals surface area (Å²) in [6.07, 6.45) is 6.12. The highest BCUT2D eigenvalue weighted by Gasteiger charge is 2.34. The first-order valence-electron chi connectivity index (χ1n) is 8.93. The molecule has 5 nitrogen and oxygen atoms in total. The van der Waals surface area contributed by atoms with E-state index in [2.05, 4.69) is 35.4 Å². The molecule has 25 heavy (non-hydrogen) atoms. The van der Waals surface area contributed by atoms with Crippen molar-refractivity contribution in [3.63, 3.8) is 0 Å². The van der Waals surface area contributed by atoms with Gasteiger partial charge in [-0.1, -0.05) is 37.0 Å². The second-order valence-electron chi connectivity index (χ2n) is 7.21. The third kappa shape index (κ3) is 3.69. The quantitative estimate of drug-likeness (QED) is 0.885. The van der Waals surface area contributed by atoms with E-state index < -0.39 is 0 Å². The van der Waals surface area contributed by atoms with Crippen LogP contribution < -0.4 is 5.32 Å². The number of hydrogen-bond acceptors (Lipinski definition) is 5. The first-order valence-corrected chi connectivity index (χ1v) is 8.93. The van der Waals surface area contributed by atoms with Crippen molar-refractivity contribution in [1.82, 2.24) is 9.88 Å². The SMILES string of the molecule is Cc1ccc(-c2nc(C#N)c(NCC3(N(C)C)CCCCC3)o2)cc1. The zero-order chi connectivity index (χ0) is 17.9. The van der Waals surface area contributed by atoms with E-state index in [0.717, 1.165) is 24.9 Å². The largest absolute Gasteiger partial charge is 0.419 e. The molecule has 1 aromatic carbocycles. The van der Waals surface area contributed by atoms with E-state index >= 15 is 0 Å². The van der Waals surface area contributed by atoms with E-state index in [1.54, 1.807) is 0 Å². The van der Waals surface area contributed by atoms with Crippen LogP contribution in [0.15, 0.2) is 28.7 Å². The monoisotopic (exact) mass is 338 g/mol. The van der Waals surface area contributed by atoms with E-state index in [-0.39, 0.29) is 5.54 Å². The molecule has 1 aliphatic rings. The first-order chi connectivity index (χ1) is 12.0. The van der Waals surface area contributed by atoms with Crippen LogP contribution >= 0.6 is 0 Å². The first kappa shape index (κ1) is 17.5. The van der Waals surface area contributed by atoms with Crippen LogP contribution in [0.5, 0.6) is 0 Å². The number of nitriles is 1. The lowest BCUT2D eigenvalue weighted by Crippen LogP contribution is -2.51. The van der Waals surface area contributed by atoms with E-state index in [9.17, 15) is 5.26 Å². The molecule has 1 N–H and O–H groups in total. The third-order valence-corrected chi connectivity index (χ3v) is 5.34. The second-order valence-corrected chi connectivity index (χ2v) is 7.21. The minimum absolute atomic E-state index is 0.113. The van der Waals surface area contributed by atoms with Crippen LogP contribution in [-0.4, -0.2) is 36.1 Å². The van der Waals surface area contributed by atoms with Crippen molar-refractivity contribution >= 4 is 5.88 Å². The van der Waals surface area contributed by atoms with Gasteiger partial charge in [0.05, 0.1) is 0 Å². The van der Waals surface area contributed by atoms with Crippen LogP contribution in [0, 0.1) is 18.3 Å². The number of nitrogens with zero attached hydrogens (tertiary/aromatic N) is 3. The minimum Gasteiger partial charge on any atom is -0.419 e. The van der Waals surface area contributed by atoms with Crippen LogP contribution in [0.1, 0.15) is 43.4 Å². The van der Waals surface area contributed by atoms with Gasteiger partial charge in [0.2, 0.25) is 17.5 Å². The molecule has 1 heterocycles. The Balaban J connectivity index is 1.80. The fourth-order valence-corrected chi connectivity index (χ4v) is 3.57. The summed E-state index contributed by atoms with van der Waals surface area (Å²) < 4.78 is 5.88. The summed E-state index contributed by atoms with van der Waals surface area (Å²) in [5.41, 5.74) is 2.50. The topological polar surface area (TPSA) is 65.1 Å². The maximum atomic E-state index is 9.41. The molecule has 0 unspecified atom stereocenters. The highest BCUT2D eigenvalue weighted by Crippen LogP contribution is 2.33. The standard InChI is InChI=1S/C20H26N4O/c1-15-7-9-16(10-8-15)18-23-17(13-21)19(25-18)22-14-20(24(2)3)11-5-4-6-12-20/h7-10,22H,4-6,11-12,14H2,1-3H3. The predicted octanol–water partition coefficient (Wildman–Crippen LogP) is 4.20. The molecule has 0 radical (unpaired) electrons. The van der Waals surface area contributed by atoms with Crippen molar-refractivity contribution in [2.75, 3.05) is 26.0 Å². The fourth-order valence-electron chi connectivity index (χ4n) is 3.57. The molecule has 1 aromatic heterocycles. The summed E-state index contributed by atoms with van der Waals surface area (Å²) in [4.78, 5) is 6.66. The highest BCUT2D eigenvalue weighted by atomic mass is 16.4. The maximum Gasteiger partial charge on any atom is 0.232 e. The average Bonchev–Trinajstić information content (AvgIpc) is 3.04. The van der Waals surface area contributed by atoms with Crippen LogP contribution in [0.3, 0.4) is 0 Å². The van der Waals surface area contributed by atoms with Crippen molar-refractivity contribution in [3.8, 4) is 17.5 Å².